The molecule has 0 aromatic heterocycles. The third-order valence-corrected chi connectivity index (χ3v) is 5.72. The van der Waals surface area contributed by atoms with E-state index in [-0.39, 0.29) is 11.4 Å². The van der Waals surface area contributed by atoms with Crippen LogP contribution in [-0.4, -0.2) is 11.1 Å². The van der Waals surface area contributed by atoms with Crippen molar-refractivity contribution in [3.05, 3.63) is 59.4 Å². The van der Waals surface area contributed by atoms with Gasteiger partial charge in [-0.2, -0.15) is 0 Å². The normalized spacial score (nSPS) is 20.1. The van der Waals surface area contributed by atoms with Crippen molar-refractivity contribution in [1.82, 2.24) is 0 Å². The number of hydrogen-bond donors (Lipinski definition) is 1. The second-order valence-corrected chi connectivity index (χ2v) is 7.48. The molecule has 0 amide bonds. The zero-order valence-electron chi connectivity index (χ0n) is 15.4. The Labute approximate surface area is 155 Å². The van der Waals surface area contributed by atoms with Gasteiger partial charge in [-0.25, -0.2) is 9.18 Å². The van der Waals surface area contributed by atoms with Crippen molar-refractivity contribution < 1.29 is 14.3 Å². The summed E-state index contributed by atoms with van der Waals surface area (Å²) in [6.07, 6.45) is 8.73. The maximum Gasteiger partial charge on any atom is 0.335 e. The first-order chi connectivity index (χ1) is 12.6. The molecule has 26 heavy (non-hydrogen) atoms. The Morgan fingerprint density at radius 2 is 1.77 bits per heavy atom. The molecule has 2 aromatic rings. The van der Waals surface area contributed by atoms with Gasteiger partial charge in [0.2, 0.25) is 0 Å². The van der Waals surface area contributed by atoms with E-state index < -0.39 is 5.97 Å². The molecule has 0 atom stereocenters. The molecule has 0 heterocycles. The predicted molar refractivity (Wildman–Crippen MR) is 103 cm³/mol. The second kappa shape index (κ2) is 8.48. The van der Waals surface area contributed by atoms with Gasteiger partial charge < -0.3 is 5.11 Å². The molecular formula is C23H27FO2. The zero-order valence-corrected chi connectivity index (χ0v) is 15.4. The zero-order chi connectivity index (χ0) is 18.5. The van der Waals surface area contributed by atoms with Crippen LogP contribution in [0.25, 0.3) is 11.1 Å². The standard InChI is InChI=1S/C23H27FO2/c1-2-3-4-16-5-7-17(8-6-16)20-13-14-21(22(24)15-20)18-9-11-19(12-10-18)23(25)26/h9-17H,2-8H2,1H3,(H,25,26). The Morgan fingerprint density at radius 3 is 2.35 bits per heavy atom. The molecule has 2 aromatic carbocycles. The van der Waals surface area contributed by atoms with Crippen LogP contribution in [0.15, 0.2) is 42.5 Å². The molecule has 1 saturated carbocycles. The third kappa shape index (κ3) is 4.32. The van der Waals surface area contributed by atoms with E-state index in [2.05, 4.69) is 6.92 Å². The minimum absolute atomic E-state index is 0.214. The molecule has 0 bridgehead atoms. The summed E-state index contributed by atoms with van der Waals surface area (Å²) in [6.45, 7) is 2.24. The number of hydrogen-bond acceptors (Lipinski definition) is 1. The largest absolute Gasteiger partial charge is 0.478 e. The molecule has 1 aliphatic rings. The molecule has 0 aliphatic heterocycles. The molecule has 0 saturated heterocycles. The summed E-state index contributed by atoms with van der Waals surface area (Å²) in [7, 11) is 0. The minimum atomic E-state index is -0.970. The van der Waals surface area contributed by atoms with E-state index in [9.17, 15) is 9.18 Å². The molecule has 138 valence electrons. The number of carboxylic acids is 1. The average molecular weight is 354 g/mol. The van der Waals surface area contributed by atoms with Crippen molar-refractivity contribution in [2.45, 2.75) is 57.8 Å². The smallest absolute Gasteiger partial charge is 0.335 e. The van der Waals surface area contributed by atoms with Gasteiger partial charge in [-0.3, -0.25) is 0 Å². The topological polar surface area (TPSA) is 37.3 Å². The fourth-order valence-electron chi connectivity index (χ4n) is 4.09. The van der Waals surface area contributed by atoms with Crippen LogP contribution in [0.5, 0.6) is 0 Å². The van der Waals surface area contributed by atoms with E-state index in [1.165, 1.54) is 44.2 Å². The van der Waals surface area contributed by atoms with E-state index in [1.54, 1.807) is 18.2 Å². The molecule has 1 N–H and O–H groups in total. The Morgan fingerprint density at radius 1 is 1.08 bits per heavy atom. The van der Waals surface area contributed by atoms with E-state index in [1.807, 2.05) is 12.1 Å². The maximum absolute atomic E-state index is 14.7. The van der Waals surface area contributed by atoms with Gasteiger partial charge >= 0.3 is 5.97 Å². The lowest BCUT2D eigenvalue weighted by Crippen LogP contribution is -2.13. The van der Waals surface area contributed by atoms with Crippen LogP contribution in [0.1, 0.15) is 73.7 Å². The highest BCUT2D eigenvalue weighted by atomic mass is 19.1. The number of rotatable bonds is 6. The lowest BCUT2D eigenvalue weighted by molar-refractivity contribution is 0.0697. The third-order valence-electron chi connectivity index (χ3n) is 5.72. The Kier molecular flexibility index (Phi) is 6.08. The summed E-state index contributed by atoms with van der Waals surface area (Å²) in [4.78, 5) is 10.9. The van der Waals surface area contributed by atoms with E-state index >= 15 is 0 Å². The highest BCUT2D eigenvalue weighted by Crippen LogP contribution is 2.38. The SMILES string of the molecule is CCCCC1CCC(c2ccc(-c3ccc(C(=O)O)cc3)c(F)c2)CC1. The predicted octanol–water partition coefficient (Wildman–Crippen LogP) is 6.65. The monoisotopic (exact) mass is 354 g/mol. The van der Waals surface area contributed by atoms with Crippen LogP contribution >= 0.6 is 0 Å². The molecule has 3 heteroatoms. The van der Waals surface area contributed by atoms with Gasteiger partial charge in [0.05, 0.1) is 5.56 Å². The van der Waals surface area contributed by atoms with Crippen molar-refractivity contribution >= 4 is 5.97 Å². The van der Waals surface area contributed by atoms with Crippen LogP contribution in [0.4, 0.5) is 4.39 Å². The molecule has 2 nitrogen and oxygen atoms in total. The highest BCUT2D eigenvalue weighted by molar-refractivity contribution is 5.88. The fraction of sp³-hybridized carbons (Fsp3) is 0.435. The molecule has 0 unspecified atom stereocenters. The summed E-state index contributed by atoms with van der Waals surface area (Å²) < 4.78 is 14.7. The number of benzene rings is 2. The summed E-state index contributed by atoms with van der Waals surface area (Å²) in [5.41, 5.74) is 2.55. The number of carboxylic acid groups (broad SMARTS) is 1. The number of unbranched alkanes of at least 4 members (excludes halogenated alkanes) is 1. The van der Waals surface area contributed by atoms with Crippen molar-refractivity contribution in [2.24, 2.45) is 5.92 Å². The summed E-state index contributed by atoms with van der Waals surface area (Å²) in [6, 6.07) is 11.9. The maximum atomic E-state index is 14.7. The van der Waals surface area contributed by atoms with Crippen molar-refractivity contribution in [3.63, 3.8) is 0 Å². The van der Waals surface area contributed by atoms with Crippen molar-refractivity contribution in [3.8, 4) is 11.1 Å². The summed E-state index contributed by atoms with van der Waals surface area (Å²) >= 11 is 0. The summed E-state index contributed by atoms with van der Waals surface area (Å²) in [5.74, 6) is 0.120. The first-order valence-electron chi connectivity index (χ1n) is 9.71. The molecule has 0 radical (unpaired) electrons. The molecule has 0 spiro atoms. The fourth-order valence-corrected chi connectivity index (χ4v) is 4.09. The van der Waals surface area contributed by atoms with Crippen molar-refractivity contribution in [2.75, 3.05) is 0 Å². The first kappa shape index (κ1) is 18.6. The Hall–Kier alpha value is -2.16. The van der Waals surface area contributed by atoms with Crippen LogP contribution in [0, 0.1) is 11.7 Å². The molecule has 1 fully saturated rings. The Bertz CT molecular complexity index is 743. The number of aromatic carboxylic acids is 1. The van der Waals surface area contributed by atoms with E-state index in [0.717, 1.165) is 24.3 Å². The lowest BCUT2D eigenvalue weighted by Gasteiger charge is -2.29. The lowest BCUT2D eigenvalue weighted by atomic mass is 9.77. The minimum Gasteiger partial charge on any atom is -0.478 e. The first-order valence-corrected chi connectivity index (χ1v) is 9.71. The van der Waals surface area contributed by atoms with Gasteiger partial charge in [0.25, 0.3) is 0 Å². The van der Waals surface area contributed by atoms with Gasteiger partial charge in [0.15, 0.2) is 0 Å². The van der Waals surface area contributed by atoms with Gasteiger partial charge in [0, 0.05) is 5.56 Å². The number of carbonyl (C=O) groups is 1. The van der Waals surface area contributed by atoms with E-state index in [4.69, 9.17) is 5.11 Å². The highest BCUT2D eigenvalue weighted by Gasteiger charge is 2.22. The van der Waals surface area contributed by atoms with Crippen LogP contribution in [0.2, 0.25) is 0 Å². The van der Waals surface area contributed by atoms with Crippen LogP contribution in [-0.2, 0) is 0 Å². The molecule has 1 aliphatic carbocycles. The van der Waals surface area contributed by atoms with Gasteiger partial charge in [-0.15, -0.1) is 0 Å². The average Bonchev–Trinajstić information content (AvgIpc) is 2.67. The van der Waals surface area contributed by atoms with Crippen LogP contribution < -0.4 is 0 Å². The second-order valence-electron chi connectivity index (χ2n) is 7.48. The Balaban J connectivity index is 1.69. The van der Waals surface area contributed by atoms with Crippen LogP contribution in [0.3, 0.4) is 0 Å². The molecular weight excluding hydrogens is 327 g/mol. The van der Waals surface area contributed by atoms with E-state index in [0.29, 0.717) is 17.0 Å². The summed E-state index contributed by atoms with van der Waals surface area (Å²) in [5, 5.41) is 8.97. The number of halogens is 1. The quantitative estimate of drug-likeness (QED) is 0.630. The van der Waals surface area contributed by atoms with Gasteiger partial charge in [-0.1, -0.05) is 50.5 Å². The van der Waals surface area contributed by atoms with Gasteiger partial charge in [-0.05, 0) is 66.8 Å². The molecule has 3 rings (SSSR count). The van der Waals surface area contributed by atoms with Crippen molar-refractivity contribution in [1.29, 1.82) is 0 Å². The van der Waals surface area contributed by atoms with Gasteiger partial charge in [0.1, 0.15) is 5.82 Å².